The highest BCUT2D eigenvalue weighted by Gasteiger charge is 2.37. The van der Waals surface area contributed by atoms with Gasteiger partial charge < -0.3 is 10.5 Å². The Labute approximate surface area is 153 Å². The SMILES string of the molecule is Cc1nn(-c2ccccc2)c2c1[C@H](c1ccc(F)cc1F)C(C#N)=C(N)O2. The summed E-state index contributed by atoms with van der Waals surface area (Å²) in [6.07, 6.45) is 0. The quantitative estimate of drug-likeness (QED) is 0.753. The second-order valence-electron chi connectivity index (χ2n) is 6.14. The summed E-state index contributed by atoms with van der Waals surface area (Å²) in [4.78, 5) is 0. The summed E-state index contributed by atoms with van der Waals surface area (Å²) in [5, 5.41) is 14.1. The molecule has 0 unspecified atom stereocenters. The van der Waals surface area contributed by atoms with Gasteiger partial charge in [0.25, 0.3) is 0 Å². The topological polar surface area (TPSA) is 76.9 Å². The highest BCUT2D eigenvalue weighted by atomic mass is 19.1. The number of hydrogen-bond donors (Lipinski definition) is 1. The van der Waals surface area contributed by atoms with Crippen molar-refractivity contribution in [3.05, 3.63) is 88.4 Å². The van der Waals surface area contributed by atoms with Gasteiger partial charge in [-0.2, -0.15) is 10.4 Å². The molecule has 3 aromatic rings. The Hall–Kier alpha value is -3.66. The average molecular weight is 364 g/mol. The zero-order valence-corrected chi connectivity index (χ0v) is 14.3. The van der Waals surface area contributed by atoms with Gasteiger partial charge in [0.2, 0.25) is 11.8 Å². The smallest absolute Gasteiger partial charge is 0.229 e. The zero-order valence-electron chi connectivity index (χ0n) is 14.3. The summed E-state index contributed by atoms with van der Waals surface area (Å²) in [5.74, 6) is -2.12. The number of hydrogen-bond acceptors (Lipinski definition) is 4. The second kappa shape index (κ2) is 6.25. The van der Waals surface area contributed by atoms with Gasteiger partial charge in [-0.1, -0.05) is 24.3 Å². The predicted octanol–water partition coefficient (Wildman–Crippen LogP) is 3.68. The molecule has 5 nitrogen and oxygen atoms in total. The first-order valence-corrected chi connectivity index (χ1v) is 8.18. The first-order chi connectivity index (χ1) is 13.0. The molecular formula is C20H14F2N4O. The summed E-state index contributed by atoms with van der Waals surface area (Å²) in [7, 11) is 0. The molecule has 0 saturated heterocycles. The third-order valence-electron chi connectivity index (χ3n) is 4.51. The molecule has 0 bridgehead atoms. The fourth-order valence-corrected chi connectivity index (χ4v) is 3.30. The molecule has 2 heterocycles. The Morgan fingerprint density at radius 3 is 2.59 bits per heavy atom. The average Bonchev–Trinajstić information content (AvgIpc) is 2.98. The van der Waals surface area contributed by atoms with Crippen molar-refractivity contribution < 1.29 is 13.5 Å². The number of para-hydroxylation sites is 1. The molecule has 7 heteroatoms. The molecule has 4 rings (SSSR count). The van der Waals surface area contributed by atoms with E-state index >= 15 is 0 Å². The minimum absolute atomic E-state index is 0.0590. The van der Waals surface area contributed by atoms with E-state index in [1.54, 1.807) is 11.6 Å². The van der Waals surface area contributed by atoms with Gasteiger partial charge >= 0.3 is 0 Å². The molecule has 1 aliphatic rings. The predicted molar refractivity (Wildman–Crippen MR) is 94.0 cm³/mol. The molecule has 1 aliphatic heterocycles. The highest BCUT2D eigenvalue weighted by molar-refractivity contribution is 5.57. The van der Waals surface area contributed by atoms with Crippen LogP contribution in [0.25, 0.3) is 5.69 Å². The minimum Gasteiger partial charge on any atom is -0.422 e. The number of rotatable bonds is 2. The van der Waals surface area contributed by atoms with Crippen molar-refractivity contribution >= 4 is 0 Å². The Kier molecular flexibility index (Phi) is 3.89. The summed E-state index contributed by atoms with van der Waals surface area (Å²) < 4.78 is 35.2. The van der Waals surface area contributed by atoms with E-state index < -0.39 is 17.6 Å². The maximum absolute atomic E-state index is 14.5. The Bertz CT molecular complexity index is 1110. The number of benzene rings is 2. The zero-order chi connectivity index (χ0) is 19.1. The number of allylic oxidation sites excluding steroid dienone is 1. The van der Waals surface area contributed by atoms with Gasteiger partial charge in [-0.15, -0.1) is 0 Å². The van der Waals surface area contributed by atoms with E-state index in [1.165, 1.54) is 6.07 Å². The van der Waals surface area contributed by atoms with Gasteiger partial charge in [-0.3, -0.25) is 0 Å². The van der Waals surface area contributed by atoms with Crippen LogP contribution in [0.2, 0.25) is 0 Å². The summed E-state index contributed by atoms with van der Waals surface area (Å²) in [6, 6.07) is 14.5. The van der Waals surface area contributed by atoms with E-state index in [2.05, 4.69) is 5.10 Å². The normalized spacial score (nSPS) is 15.9. The van der Waals surface area contributed by atoms with Gasteiger partial charge in [0.1, 0.15) is 23.3 Å². The second-order valence-corrected chi connectivity index (χ2v) is 6.14. The van der Waals surface area contributed by atoms with Crippen molar-refractivity contribution in [2.75, 3.05) is 0 Å². The third kappa shape index (κ3) is 2.62. The number of aromatic nitrogens is 2. The number of ether oxygens (including phenoxy) is 1. The van der Waals surface area contributed by atoms with Crippen molar-refractivity contribution in [2.45, 2.75) is 12.8 Å². The van der Waals surface area contributed by atoms with Crippen molar-refractivity contribution in [1.29, 1.82) is 5.26 Å². The molecule has 0 radical (unpaired) electrons. The fraction of sp³-hybridized carbons (Fsp3) is 0.100. The molecule has 1 aromatic heterocycles. The third-order valence-corrected chi connectivity index (χ3v) is 4.51. The molecule has 1 atom stereocenters. The van der Waals surface area contributed by atoms with Gasteiger partial charge in [0.05, 0.1) is 22.9 Å². The van der Waals surface area contributed by atoms with Gasteiger partial charge in [-0.05, 0) is 25.1 Å². The Balaban J connectivity index is 1.98. The standard InChI is InChI=1S/C20H14F2N4O/c1-11-17-18(14-8-7-12(21)9-16(14)22)15(10-23)19(24)27-20(17)26(25-11)13-5-3-2-4-6-13/h2-9,18H,24H2,1H3/t18-/m1/s1. The molecule has 27 heavy (non-hydrogen) atoms. The summed E-state index contributed by atoms with van der Waals surface area (Å²) >= 11 is 0. The summed E-state index contributed by atoms with van der Waals surface area (Å²) in [5.41, 5.74) is 7.97. The molecule has 0 amide bonds. The molecule has 2 N–H and O–H groups in total. The lowest BCUT2D eigenvalue weighted by Gasteiger charge is -2.25. The number of nitrogens with zero attached hydrogens (tertiary/aromatic N) is 3. The van der Waals surface area contributed by atoms with Gasteiger partial charge in [0, 0.05) is 11.6 Å². The molecular weight excluding hydrogens is 350 g/mol. The van der Waals surface area contributed by atoms with Crippen LogP contribution < -0.4 is 10.5 Å². The van der Waals surface area contributed by atoms with Crippen LogP contribution in [0.3, 0.4) is 0 Å². The molecule has 2 aromatic carbocycles. The van der Waals surface area contributed by atoms with Crippen LogP contribution in [0.4, 0.5) is 8.78 Å². The van der Waals surface area contributed by atoms with Crippen LogP contribution in [0.5, 0.6) is 5.88 Å². The monoisotopic (exact) mass is 364 g/mol. The highest BCUT2D eigenvalue weighted by Crippen LogP contribution is 2.45. The lowest BCUT2D eigenvalue weighted by atomic mass is 9.84. The number of nitrogens with two attached hydrogens (primary N) is 1. The summed E-state index contributed by atoms with van der Waals surface area (Å²) in [6.45, 7) is 1.74. The molecule has 0 spiro atoms. The van der Waals surface area contributed by atoms with Crippen molar-refractivity contribution in [3.63, 3.8) is 0 Å². The Morgan fingerprint density at radius 1 is 1.19 bits per heavy atom. The number of fused-ring (bicyclic) bond motifs is 1. The van der Waals surface area contributed by atoms with E-state index in [9.17, 15) is 14.0 Å². The van der Waals surface area contributed by atoms with E-state index in [0.29, 0.717) is 17.1 Å². The first-order valence-electron chi connectivity index (χ1n) is 8.18. The van der Waals surface area contributed by atoms with Crippen molar-refractivity contribution in [1.82, 2.24) is 9.78 Å². The fourth-order valence-electron chi connectivity index (χ4n) is 3.30. The van der Waals surface area contributed by atoms with Crippen LogP contribution in [-0.2, 0) is 0 Å². The number of halogens is 2. The molecule has 0 saturated carbocycles. The maximum atomic E-state index is 14.5. The van der Waals surface area contributed by atoms with E-state index in [0.717, 1.165) is 17.8 Å². The van der Waals surface area contributed by atoms with Crippen LogP contribution >= 0.6 is 0 Å². The molecule has 0 aliphatic carbocycles. The van der Waals surface area contributed by atoms with Crippen molar-refractivity contribution in [2.24, 2.45) is 5.73 Å². The number of aryl methyl sites for hydroxylation is 1. The van der Waals surface area contributed by atoms with Gasteiger partial charge in [0.15, 0.2) is 0 Å². The maximum Gasteiger partial charge on any atom is 0.229 e. The molecule has 134 valence electrons. The first kappa shape index (κ1) is 16.8. The Morgan fingerprint density at radius 2 is 1.93 bits per heavy atom. The minimum atomic E-state index is -0.836. The van der Waals surface area contributed by atoms with E-state index in [4.69, 9.17) is 10.5 Å². The van der Waals surface area contributed by atoms with E-state index in [-0.39, 0.29) is 17.0 Å². The van der Waals surface area contributed by atoms with Gasteiger partial charge in [-0.25, -0.2) is 13.5 Å². The number of nitriles is 1. The van der Waals surface area contributed by atoms with Crippen LogP contribution in [0.15, 0.2) is 60.0 Å². The van der Waals surface area contributed by atoms with Crippen LogP contribution in [0, 0.1) is 29.9 Å². The van der Waals surface area contributed by atoms with Crippen molar-refractivity contribution in [3.8, 4) is 17.6 Å². The van der Waals surface area contributed by atoms with Crippen LogP contribution in [0.1, 0.15) is 22.7 Å². The molecule has 0 fully saturated rings. The van der Waals surface area contributed by atoms with E-state index in [1.807, 2.05) is 36.4 Å². The lowest BCUT2D eigenvalue weighted by molar-refractivity contribution is 0.366. The largest absolute Gasteiger partial charge is 0.422 e. The van der Waals surface area contributed by atoms with Crippen LogP contribution in [-0.4, -0.2) is 9.78 Å². The lowest BCUT2D eigenvalue weighted by Crippen LogP contribution is -2.22.